The van der Waals surface area contributed by atoms with E-state index in [0.717, 1.165) is 61.2 Å². The fraction of sp³-hybridized carbons (Fsp3) is 0. The first-order valence-corrected chi connectivity index (χ1v) is 21.4. The summed E-state index contributed by atoms with van der Waals surface area (Å²) in [6.45, 7) is 0. The van der Waals surface area contributed by atoms with Gasteiger partial charge in [0.1, 0.15) is 11.2 Å². The molecular formula is C52H33N3OSi. The third-order valence-corrected chi connectivity index (χ3v) is 16.8. The average molecular weight is 744 g/mol. The summed E-state index contributed by atoms with van der Waals surface area (Å²) < 4.78 is 8.84. The molecule has 57 heavy (non-hydrogen) atoms. The van der Waals surface area contributed by atoms with Crippen molar-refractivity contribution in [2.45, 2.75) is 0 Å². The standard InChI is InChI=1S/C52H33N3OSi/c1-4-18-34(19-5-1)49-51-50(40-27-13-17-31-48(40)57(51,35-20-6-2-7-21-35)36-22-8-3-9-23-36)54-52(53-49)39-26-11-15-29-44(39)55-43-28-14-10-24-37(43)41-32-42-38-25-12-16-30-46(38)56-47(42)33-45(41)55/h1-33H. The molecule has 4 heterocycles. The summed E-state index contributed by atoms with van der Waals surface area (Å²) in [5.74, 6) is 0.694. The van der Waals surface area contributed by atoms with Gasteiger partial charge in [0.25, 0.3) is 0 Å². The summed E-state index contributed by atoms with van der Waals surface area (Å²) in [7, 11) is -2.90. The number of fused-ring (bicyclic) bond motifs is 9. The van der Waals surface area contributed by atoms with E-state index in [-0.39, 0.29) is 0 Å². The van der Waals surface area contributed by atoms with E-state index in [2.05, 4.69) is 193 Å². The molecule has 0 radical (unpaired) electrons. The Morgan fingerprint density at radius 1 is 0.421 bits per heavy atom. The van der Waals surface area contributed by atoms with E-state index >= 15 is 0 Å². The number of hydrogen-bond acceptors (Lipinski definition) is 3. The lowest BCUT2D eigenvalue weighted by Gasteiger charge is -2.32. The van der Waals surface area contributed by atoms with Crippen LogP contribution in [0.25, 0.3) is 83.3 Å². The van der Waals surface area contributed by atoms with E-state index in [4.69, 9.17) is 14.4 Å². The topological polar surface area (TPSA) is 43.9 Å². The zero-order valence-electron chi connectivity index (χ0n) is 30.8. The van der Waals surface area contributed by atoms with E-state index in [1.807, 2.05) is 12.1 Å². The number of aromatic nitrogens is 3. The van der Waals surface area contributed by atoms with Gasteiger partial charge in [0.05, 0.1) is 28.1 Å². The summed E-state index contributed by atoms with van der Waals surface area (Å²) in [6.07, 6.45) is 0. The van der Waals surface area contributed by atoms with Crippen LogP contribution in [0.4, 0.5) is 0 Å². The van der Waals surface area contributed by atoms with Gasteiger partial charge in [-0.05, 0) is 45.9 Å². The van der Waals surface area contributed by atoms with Crippen LogP contribution in [0.3, 0.4) is 0 Å². The molecule has 8 aromatic carbocycles. The van der Waals surface area contributed by atoms with Gasteiger partial charge in [-0.1, -0.05) is 164 Å². The number of benzene rings is 8. The molecule has 0 N–H and O–H groups in total. The number of rotatable bonds is 5. The molecule has 3 aromatic heterocycles. The highest BCUT2D eigenvalue weighted by molar-refractivity contribution is 7.22. The van der Waals surface area contributed by atoms with Crippen LogP contribution in [0, 0.1) is 0 Å². The molecule has 11 aromatic rings. The number of hydrogen-bond donors (Lipinski definition) is 0. The van der Waals surface area contributed by atoms with Crippen molar-refractivity contribution in [2.75, 3.05) is 0 Å². The van der Waals surface area contributed by atoms with Gasteiger partial charge in [-0.25, -0.2) is 9.97 Å². The lowest BCUT2D eigenvalue weighted by Crippen LogP contribution is -2.73. The van der Waals surface area contributed by atoms with Gasteiger partial charge in [-0.15, -0.1) is 0 Å². The second-order valence-electron chi connectivity index (χ2n) is 14.8. The lowest BCUT2D eigenvalue weighted by molar-refractivity contribution is 0.669. The first-order valence-electron chi connectivity index (χ1n) is 19.4. The van der Waals surface area contributed by atoms with Crippen molar-refractivity contribution in [1.82, 2.24) is 14.5 Å². The lowest BCUT2D eigenvalue weighted by atomic mass is 10.1. The molecule has 0 fully saturated rings. The van der Waals surface area contributed by atoms with Gasteiger partial charge in [-0.2, -0.15) is 0 Å². The molecule has 0 saturated carbocycles. The molecule has 0 spiro atoms. The Labute approximate surface area is 330 Å². The molecule has 0 bridgehead atoms. The maximum Gasteiger partial charge on any atom is 0.185 e. The number of furan rings is 1. The predicted molar refractivity (Wildman–Crippen MR) is 237 cm³/mol. The van der Waals surface area contributed by atoms with Crippen molar-refractivity contribution in [3.63, 3.8) is 0 Å². The van der Waals surface area contributed by atoms with E-state index in [9.17, 15) is 0 Å². The van der Waals surface area contributed by atoms with E-state index < -0.39 is 8.07 Å². The SMILES string of the molecule is c1ccc(-c2nc(-c3ccccc3-n3c4ccccc4c4cc5c(cc43)oc3ccccc35)nc3c2[Si](c2ccccc2)(c2ccccc2)c2ccccc2-3)cc1. The predicted octanol–water partition coefficient (Wildman–Crippen LogP) is 10.2. The summed E-state index contributed by atoms with van der Waals surface area (Å²) in [5.41, 5.74) is 10.2. The first-order chi connectivity index (χ1) is 28.3. The second kappa shape index (κ2) is 12.3. The molecule has 0 atom stereocenters. The Kier molecular flexibility index (Phi) is 6.91. The highest BCUT2D eigenvalue weighted by Crippen LogP contribution is 2.41. The van der Waals surface area contributed by atoms with Crippen molar-refractivity contribution in [3.05, 3.63) is 200 Å². The zero-order chi connectivity index (χ0) is 37.5. The van der Waals surface area contributed by atoms with Crippen LogP contribution in [-0.2, 0) is 0 Å². The highest BCUT2D eigenvalue weighted by atomic mass is 28.3. The smallest absolute Gasteiger partial charge is 0.185 e. The molecule has 266 valence electrons. The van der Waals surface area contributed by atoms with Gasteiger partial charge in [0.15, 0.2) is 13.9 Å². The highest BCUT2D eigenvalue weighted by Gasteiger charge is 2.51. The van der Waals surface area contributed by atoms with Crippen LogP contribution < -0.4 is 20.7 Å². The molecular weight excluding hydrogens is 711 g/mol. The van der Waals surface area contributed by atoms with Crippen molar-refractivity contribution in [2.24, 2.45) is 0 Å². The van der Waals surface area contributed by atoms with Crippen LogP contribution >= 0.6 is 0 Å². The Hall–Kier alpha value is -7.34. The fourth-order valence-corrected chi connectivity index (χ4v) is 14.8. The van der Waals surface area contributed by atoms with E-state index in [0.29, 0.717) is 5.82 Å². The van der Waals surface area contributed by atoms with Crippen LogP contribution in [0.2, 0.25) is 0 Å². The molecule has 12 rings (SSSR count). The van der Waals surface area contributed by atoms with Crippen molar-refractivity contribution in [1.29, 1.82) is 0 Å². The van der Waals surface area contributed by atoms with E-state index in [1.165, 1.54) is 37.1 Å². The maximum atomic E-state index is 6.47. The fourth-order valence-electron chi connectivity index (χ4n) is 9.53. The van der Waals surface area contributed by atoms with Crippen molar-refractivity contribution >= 4 is 72.6 Å². The monoisotopic (exact) mass is 743 g/mol. The molecule has 0 amide bonds. The minimum absolute atomic E-state index is 0.694. The maximum absolute atomic E-state index is 6.47. The van der Waals surface area contributed by atoms with E-state index in [1.54, 1.807) is 0 Å². The van der Waals surface area contributed by atoms with Crippen molar-refractivity contribution in [3.8, 4) is 39.6 Å². The van der Waals surface area contributed by atoms with Gasteiger partial charge in [0, 0.05) is 49.5 Å². The summed E-state index contributed by atoms with van der Waals surface area (Å²) >= 11 is 0. The van der Waals surface area contributed by atoms with Gasteiger partial charge < -0.3 is 8.98 Å². The quantitative estimate of drug-likeness (QED) is 0.165. The summed E-state index contributed by atoms with van der Waals surface area (Å²) in [5, 5.41) is 9.81. The Morgan fingerprint density at radius 2 is 1.02 bits per heavy atom. The van der Waals surface area contributed by atoms with Crippen LogP contribution in [0.15, 0.2) is 205 Å². The molecule has 4 nitrogen and oxygen atoms in total. The van der Waals surface area contributed by atoms with Crippen LogP contribution in [0.1, 0.15) is 0 Å². The Morgan fingerprint density at radius 3 is 1.79 bits per heavy atom. The summed E-state index contributed by atoms with van der Waals surface area (Å²) in [4.78, 5) is 11.4. The minimum Gasteiger partial charge on any atom is -0.456 e. The molecule has 5 heteroatoms. The first kappa shape index (κ1) is 32.0. The molecule has 0 saturated heterocycles. The number of para-hydroxylation sites is 3. The van der Waals surface area contributed by atoms with Gasteiger partial charge in [0.2, 0.25) is 0 Å². The minimum atomic E-state index is -2.90. The molecule has 0 unspecified atom stereocenters. The zero-order valence-corrected chi connectivity index (χ0v) is 31.8. The molecule has 0 aliphatic carbocycles. The van der Waals surface area contributed by atoms with Crippen LogP contribution in [0.5, 0.6) is 0 Å². The Balaban J connectivity index is 1.18. The van der Waals surface area contributed by atoms with Crippen molar-refractivity contribution < 1.29 is 4.42 Å². The van der Waals surface area contributed by atoms with Gasteiger partial charge >= 0.3 is 0 Å². The van der Waals surface area contributed by atoms with Crippen LogP contribution in [-0.4, -0.2) is 22.6 Å². The molecule has 1 aliphatic heterocycles. The third-order valence-electron chi connectivity index (χ3n) is 11.9. The number of nitrogens with zero attached hydrogens (tertiary/aromatic N) is 3. The Bertz CT molecular complexity index is 3310. The second-order valence-corrected chi connectivity index (χ2v) is 18.5. The summed E-state index contributed by atoms with van der Waals surface area (Å²) in [6, 6.07) is 71.8. The molecule has 1 aliphatic rings. The largest absolute Gasteiger partial charge is 0.456 e. The average Bonchev–Trinajstić information content (AvgIpc) is 3.92. The normalized spacial score (nSPS) is 13.1. The third kappa shape index (κ3) is 4.55. The van der Waals surface area contributed by atoms with Gasteiger partial charge in [-0.3, -0.25) is 0 Å².